The fourth-order valence-corrected chi connectivity index (χ4v) is 4.40. The molecule has 0 bridgehead atoms. The number of aromatic amines is 1. The minimum atomic E-state index is -0.866. The number of hydrogen-bond acceptors (Lipinski definition) is 4. The number of aliphatic imine (C=N–C) groups is 1. The number of halogens is 1. The Morgan fingerprint density at radius 2 is 1.60 bits per heavy atom. The Kier molecular flexibility index (Phi) is 5.76. The van der Waals surface area contributed by atoms with Gasteiger partial charge in [-0.1, -0.05) is 76.6 Å². The molecule has 0 atom stereocenters. The summed E-state index contributed by atoms with van der Waals surface area (Å²) in [6.45, 7) is 0. The fraction of sp³-hybridized carbons (Fsp3) is 0. The van der Waals surface area contributed by atoms with Crippen LogP contribution in [-0.2, 0) is 0 Å². The Labute approximate surface area is 206 Å². The molecule has 5 rings (SSSR count). The summed E-state index contributed by atoms with van der Waals surface area (Å²) in [5, 5.41) is 16.8. The van der Waals surface area contributed by atoms with Crippen molar-refractivity contribution < 1.29 is 9.90 Å². The van der Waals surface area contributed by atoms with E-state index in [0.717, 1.165) is 31.4 Å². The van der Waals surface area contributed by atoms with Crippen LogP contribution in [0.3, 0.4) is 0 Å². The first-order chi connectivity index (χ1) is 16.9. The zero-order chi connectivity index (χ0) is 24.5. The molecule has 0 spiro atoms. The normalized spacial score (nSPS) is 11.3. The zero-order valence-electron chi connectivity index (χ0n) is 18.0. The maximum absolute atomic E-state index is 12.6. The second-order valence-electron chi connectivity index (χ2n) is 7.66. The van der Waals surface area contributed by atoms with Crippen molar-refractivity contribution in [1.82, 2.24) is 9.55 Å². The third-order valence-electron chi connectivity index (χ3n) is 5.55. The summed E-state index contributed by atoms with van der Waals surface area (Å²) < 4.78 is 1.85. The Hall–Kier alpha value is -4.50. The molecule has 2 amide bonds. The van der Waals surface area contributed by atoms with Crippen LogP contribution in [0.2, 0.25) is 0 Å². The molecule has 0 fully saturated rings. The Bertz CT molecular complexity index is 1770. The number of carbonyl (C=O) groups excluding carboxylic acids is 1. The third-order valence-corrected chi connectivity index (χ3v) is 6.24. The van der Waals surface area contributed by atoms with Gasteiger partial charge >= 0.3 is 11.7 Å². The van der Waals surface area contributed by atoms with E-state index in [1.807, 2.05) is 42.5 Å². The van der Waals surface area contributed by atoms with Crippen LogP contribution in [0.4, 0.5) is 10.5 Å². The summed E-state index contributed by atoms with van der Waals surface area (Å²) >= 11 is 3.49. The fourth-order valence-electron chi connectivity index (χ4n) is 3.92. The number of urea groups is 1. The Morgan fingerprint density at radius 1 is 0.914 bits per heavy atom. The number of H-pyrrole nitrogens is 1. The molecule has 0 aliphatic carbocycles. The summed E-state index contributed by atoms with van der Waals surface area (Å²) in [5.74, 6) is -0.624. The molecule has 9 heteroatoms. The van der Waals surface area contributed by atoms with Crippen LogP contribution in [0.25, 0.3) is 27.2 Å². The van der Waals surface area contributed by atoms with Crippen molar-refractivity contribution in [2.75, 3.05) is 5.32 Å². The lowest BCUT2D eigenvalue weighted by molar-refractivity contribution is 0.259. The third kappa shape index (κ3) is 4.13. The van der Waals surface area contributed by atoms with Gasteiger partial charge in [-0.25, -0.2) is 19.1 Å². The van der Waals surface area contributed by atoms with Gasteiger partial charge in [-0.15, -0.1) is 0 Å². The molecule has 0 unspecified atom stereocenters. The molecule has 0 saturated heterocycles. The Morgan fingerprint density at radius 3 is 2.40 bits per heavy atom. The van der Waals surface area contributed by atoms with E-state index >= 15 is 0 Å². The van der Waals surface area contributed by atoms with E-state index in [0.29, 0.717) is 16.8 Å². The largest absolute Gasteiger partial charge is 0.493 e. The quantitative estimate of drug-likeness (QED) is 0.287. The van der Waals surface area contributed by atoms with Crippen LogP contribution in [0.5, 0.6) is 5.88 Å². The number of anilines is 1. The molecule has 4 aromatic carbocycles. The number of amides is 2. The van der Waals surface area contributed by atoms with Crippen molar-refractivity contribution in [3.63, 3.8) is 0 Å². The first-order valence-corrected chi connectivity index (χ1v) is 11.3. The smallest absolute Gasteiger partial charge is 0.345 e. The number of benzene rings is 4. The van der Waals surface area contributed by atoms with Crippen molar-refractivity contribution in [2.24, 2.45) is 4.99 Å². The van der Waals surface area contributed by atoms with E-state index in [9.17, 15) is 19.5 Å². The van der Waals surface area contributed by atoms with E-state index in [-0.39, 0.29) is 5.56 Å². The van der Waals surface area contributed by atoms with Crippen molar-refractivity contribution >= 4 is 55.4 Å². The van der Waals surface area contributed by atoms with E-state index in [4.69, 9.17) is 0 Å². The summed E-state index contributed by atoms with van der Waals surface area (Å²) in [6.07, 6.45) is 0.936. The van der Waals surface area contributed by atoms with Gasteiger partial charge in [-0.2, -0.15) is 0 Å². The molecule has 0 aliphatic rings. The number of nitrogens with zero attached hydrogens (tertiary/aromatic N) is 2. The molecule has 5 aromatic rings. The standard InChI is InChI=1S/C26H17BrN4O4/c27-20-12-13-21(18-10-4-3-9-17(18)20)29-25(34)28-14-19-23(32)30-26(35)31(24(19)33)22-11-5-7-15-6-1-2-8-16(15)22/h1-14,33H,(H,29,34)(H,30,32,35). The molecule has 3 N–H and O–H groups in total. The minimum absolute atomic E-state index is 0.326. The maximum atomic E-state index is 12.6. The van der Waals surface area contributed by atoms with Gasteiger partial charge in [0.15, 0.2) is 0 Å². The van der Waals surface area contributed by atoms with Gasteiger partial charge in [-0.05, 0) is 29.0 Å². The molecular formula is C26H17BrN4O4. The van der Waals surface area contributed by atoms with Crippen molar-refractivity contribution in [3.05, 3.63) is 110 Å². The minimum Gasteiger partial charge on any atom is -0.493 e. The molecule has 1 heterocycles. The number of carbonyl (C=O) groups is 1. The number of rotatable bonds is 3. The lowest BCUT2D eigenvalue weighted by atomic mass is 10.1. The van der Waals surface area contributed by atoms with E-state index in [1.165, 1.54) is 0 Å². The molecule has 1 aromatic heterocycles. The number of fused-ring (bicyclic) bond motifs is 2. The van der Waals surface area contributed by atoms with E-state index in [2.05, 4.69) is 31.2 Å². The molecule has 8 nitrogen and oxygen atoms in total. The predicted molar refractivity (Wildman–Crippen MR) is 140 cm³/mol. The zero-order valence-corrected chi connectivity index (χ0v) is 19.6. The van der Waals surface area contributed by atoms with Gasteiger partial charge < -0.3 is 10.4 Å². The maximum Gasteiger partial charge on any atom is 0.345 e. The van der Waals surface area contributed by atoms with E-state index < -0.39 is 23.2 Å². The predicted octanol–water partition coefficient (Wildman–Crippen LogP) is 4.95. The average Bonchev–Trinajstić information content (AvgIpc) is 2.86. The van der Waals surface area contributed by atoms with Crippen LogP contribution in [0, 0.1) is 0 Å². The van der Waals surface area contributed by atoms with Crippen molar-refractivity contribution in [2.45, 2.75) is 0 Å². The highest BCUT2D eigenvalue weighted by Crippen LogP contribution is 2.30. The molecular weight excluding hydrogens is 512 g/mol. The second-order valence-corrected chi connectivity index (χ2v) is 8.51. The number of aromatic nitrogens is 2. The van der Waals surface area contributed by atoms with Crippen molar-refractivity contribution in [3.8, 4) is 11.6 Å². The van der Waals surface area contributed by atoms with Gasteiger partial charge in [0.05, 0.1) is 17.6 Å². The number of hydrogen-bond donors (Lipinski definition) is 3. The van der Waals surface area contributed by atoms with Crippen LogP contribution in [0.1, 0.15) is 5.56 Å². The lowest BCUT2D eigenvalue weighted by Crippen LogP contribution is -2.31. The molecule has 35 heavy (non-hydrogen) atoms. The monoisotopic (exact) mass is 528 g/mol. The SMILES string of the molecule is O=C(N=Cc1c(O)n(-c2cccc3ccccc23)c(=O)[nH]c1=O)Nc1ccc(Br)c2ccccc12. The first-order valence-electron chi connectivity index (χ1n) is 10.5. The molecule has 172 valence electrons. The summed E-state index contributed by atoms with van der Waals surface area (Å²) in [6, 6.07) is 22.8. The van der Waals surface area contributed by atoms with Gasteiger partial charge in [0.1, 0.15) is 5.56 Å². The van der Waals surface area contributed by atoms with Gasteiger partial charge in [0.25, 0.3) is 5.56 Å². The van der Waals surface area contributed by atoms with E-state index in [1.54, 1.807) is 36.4 Å². The summed E-state index contributed by atoms with van der Waals surface area (Å²) in [7, 11) is 0. The highest BCUT2D eigenvalue weighted by atomic mass is 79.9. The second kappa shape index (κ2) is 9.03. The molecule has 0 radical (unpaired) electrons. The van der Waals surface area contributed by atoms with Crippen molar-refractivity contribution in [1.29, 1.82) is 0 Å². The van der Waals surface area contributed by atoms with Gasteiger partial charge in [-0.3, -0.25) is 9.78 Å². The topological polar surface area (TPSA) is 117 Å². The average molecular weight is 529 g/mol. The summed E-state index contributed by atoms with van der Waals surface area (Å²) in [5.41, 5.74) is -1.10. The highest BCUT2D eigenvalue weighted by molar-refractivity contribution is 9.10. The highest BCUT2D eigenvalue weighted by Gasteiger charge is 2.16. The lowest BCUT2D eigenvalue weighted by Gasteiger charge is -2.12. The first kappa shape index (κ1) is 22.3. The molecule has 0 saturated carbocycles. The van der Waals surface area contributed by atoms with Gasteiger partial charge in [0, 0.05) is 15.2 Å². The van der Waals surface area contributed by atoms with Crippen LogP contribution >= 0.6 is 15.9 Å². The summed E-state index contributed by atoms with van der Waals surface area (Å²) in [4.78, 5) is 43.6. The number of aromatic hydroxyl groups is 1. The van der Waals surface area contributed by atoms with Crippen LogP contribution in [-0.4, -0.2) is 26.9 Å². The molecule has 0 aliphatic heterocycles. The van der Waals surface area contributed by atoms with Crippen LogP contribution in [0.15, 0.2) is 97.9 Å². The Balaban J connectivity index is 1.52. The van der Waals surface area contributed by atoms with Gasteiger partial charge in [0.2, 0.25) is 5.88 Å². The number of nitrogens with one attached hydrogen (secondary N) is 2. The van der Waals surface area contributed by atoms with Crippen LogP contribution < -0.4 is 16.6 Å².